The molecule has 0 unspecified atom stereocenters. The van der Waals surface area contributed by atoms with Crippen LogP contribution in [0.25, 0.3) is 11.0 Å². The summed E-state index contributed by atoms with van der Waals surface area (Å²) in [5.41, 5.74) is 2.10. The average molecular weight is 489 g/mol. The summed E-state index contributed by atoms with van der Waals surface area (Å²) in [6.07, 6.45) is 0. The molecule has 2 N–H and O–H groups in total. The topological polar surface area (TPSA) is 110 Å². The highest BCUT2D eigenvalue weighted by Gasteiger charge is 2.21. The van der Waals surface area contributed by atoms with E-state index >= 15 is 0 Å². The Kier molecular flexibility index (Phi) is 6.26. The third-order valence-electron chi connectivity index (χ3n) is 4.27. The molecule has 0 aliphatic carbocycles. The average Bonchev–Trinajstić information content (AvgIpc) is 3.22. The van der Waals surface area contributed by atoms with Gasteiger partial charge in [-0.25, -0.2) is 23.2 Å². The summed E-state index contributed by atoms with van der Waals surface area (Å²) in [6, 6.07) is 16.6. The van der Waals surface area contributed by atoms with E-state index in [2.05, 4.69) is 20.0 Å². The molecular formula is C21H17ClN4O4S2. The number of ether oxygens (including phenoxy) is 1. The summed E-state index contributed by atoms with van der Waals surface area (Å²) in [5, 5.41) is 3.07. The lowest BCUT2D eigenvalue weighted by Crippen LogP contribution is -2.15. The molecule has 2 aromatic carbocycles. The number of benzene rings is 2. The second-order valence-electron chi connectivity index (χ2n) is 6.50. The SMILES string of the molecule is CCOC(=O)c1ccc(Nc2nc3ccccc3nc2NS(=O)(=O)c2ccc(Cl)s2)cc1. The van der Waals surface area contributed by atoms with Gasteiger partial charge < -0.3 is 10.1 Å². The molecule has 32 heavy (non-hydrogen) atoms. The molecule has 164 valence electrons. The molecule has 8 nitrogen and oxygen atoms in total. The highest BCUT2D eigenvalue weighted by Crippen LogP contribution is 2.30. The van der Waals surface area contributed by atoms with Gasteiger partial charge in [-0.05, 0) is 55.5 Å². The Labute approximate surface area is 193 Å². The zero-order valence-electron chi connectivity index (χ0n) is 16.7. The predicted octanol–water partition coefficient (Wildman–Crippen LogP) is 5.07. The van der Waals surface area contributed by atoms with Crippen molar-refractivity contribution in [2.75, 3.05) is 16.6 Å². The summed E-state index contributed by atoms with van der Waals surface area (Å²) in [5.74, 6) is -0.186. The number of esters is 1. The quantitative estimate of drug-likeness (QED) is 0.349. The fraction of sp³-hybridized carbons (Fsp3) is 0.0952. The normalized spacial score (nSPS) is 11.3. The van der Waals surface area contributed by atoms with Gasteiger partial charge in [0.25, 0.3) is 10.0 Å². The second-order valence-corrected chi connectivity index (χ2v) is 10.1. The Morgan fingerprint density at radius 1 is 1.00 bits per heavy atom. The van der Waals surface area contributed by atoms with Gasteiger partial charge in [-0.2, -0.15) is 0 Å². The molecule has 0 fully saturated rings. The zero-order chi connectivity index (χ0) is 22.7. The third-order valence-corrected chi connectivity index (χ3v) is 7.34. The van der Waals surface area contributed by atoms with Gasteiger partial charge >= 0.3 is 5.97 Å². The van der Waals surface area contributed by atoms with Crippen LogP contribution in [0.1, 0.15) is 17.3 Å². The number of nitrogens with zero attached hydrogens (tertiary/aromatic N) is 2. The monoisotopic (exact) mass is 488 g/mol. The molecular weight excluding hydrogens is 472 g/mol. The summed E-state index contributed by atoms with van der Waals surface area (Å²) in [4.78, 5) is 20.8. The lowest BCUT2D eigenvalue weighted by Gasteiger charge is -2.13. The number of aromatic nitrogens is 2. The molecule has 0 saturated heterocycles. The van der Waals surface area contributed by atoms with Crippen molar-refractivity contribution in [1.82, 2.24) is 9.97 Å². The number of rotatable bonds is 7. The van der Waals surface area contributed by atoms with Crippen LogP contribution in [-0.4, -0.2) is 31.0 Å². The minimum atomic E-state index is -3.92. The van der Waals surface area contributed by atoms with Gasteiger partial charge in [-0.1, -0.05) is 23.7 Å². The van der Waals surface area contributed by atoms with Crippen molar-refractivity contribution < 1.29 is 17.9 Å². The zero-order valence-corrected chi connectivity index (χ0v) is 19.1. The Hall–Kier alpha value is -3.21. The van der Waals surface area contributed by atoms with E-state index in [9.17, 15) is 13.2 Å². The molecule has 11 heteroatoms. The van der Waals surface area contributed by atoms with E-state index in [4.69, 9.17) is 16.3 Å². The van der Waals surface area contributed by atoms with Gasteiger partial charge in [-0.15, -0.1) is 11.3 Å². The number of hydrogen-bond acceptors (Lipinski definition) is 8. The van der Waals surface area contributed by atoms with E-state index in [0.29, 0.717) is 26.6 Å². The van der Waals surface area contributed by atoms with Crippen molar-refractivity contribution in [2.45, 2.75) is 11.1 Å². The first-order valence-corrected chi connectivity index (χ1v) is 12.1. The van der Waals surface area contributed by atoms with Crippen molar-refractivity contribution in [1.29, 1.82) is 0 Å². The number of fused-ring (bicyclic) bond motifs is 1. The van der Waals surface area contributed by atoms with E-state index in [1.54, 1.807) is 49.4 Å². The Morgan fingerprint density at radius 2 is 1.66 bits per heavy atom. The van der Waals surface area contributed by atoms with E-state index in [-0.39, 0.29) is 22.5 Å². The summed E-state index contributed by atoms with van der Waals surface area (Å²) >= 11 is 6.83. The maximum absolute atomic E-state index is 12.8. The van der Waals surface area contributed by atoms with E-state index in [1.165, 1.54) is 12.1 Å². The number of carbonyl (C=O) groups excluding carboxylic acids is 1. The first-order valence-electron chi connectivity index (χ1n) is 9.45. The Bertz CT molecular complexity index is 1390. The van der Waals surface area contributed by atoms with Crippen LogP contribution in [0.3, 0.4) is 0 Å². The van der Waals surface area contributed by atoms with Crippen LogP contribution >= 0.6 is 22.9 Å². The van der Waals surface area contributed by atoms with Crippen molar-refractivity contribution in [2.24, 2.45) is 0 Å². The molecule has 2 heterocycles. The van der Waals surface area contributed by atoms with Crippen molar-refractivity contribution >= 4 is 67.3 Å². The first kappa shape index (κ1) is 22.0. The smallest absolute Gasteiger partial charge is 0.338 e. The molecule has 2 aromatic heterocycles. The highest BCUT2D eigenvalue weighted by molar-refractivity contribution is 7.94. The van der Waals surface area contributed by atoms with Crippen LogP contribution < -0.4 is 10.0 Å². The largest absolute Gasteiger partial charge is 0.462 e. The Morgan fingerprint density at radius 3 is 2.25 bits per heavy atom. The molecule has 0 radical (unpaired) electrons. The molecule has 4 rings (SSSR count). The van der Waals surface area contributed by atoms with Crippen molar-refractivity contribution in [3.05, 3.63) is 70.6 Å². The van der Waals surface area contributed by atoms with Crippen LogP contribution in [0.4, 0.5) is 17.3 Å². The van der Waals surface area contributed by atoms with Crippen LogP contribution in [-0.2, 0) is 14.8 Å². The van der Waals surface area contributed by atoms with E-state index in [1.807, 2.05) is 6.07 Å². The van der Waals surface area contributed by atoms with Crippen LogP contribution in [0.15, 0.2) is 64.9 Å². The van der Waals surface area contributed by atoms with Gasteiger partial charge in [0.15, 0.2) is 11.6 Å². The molecule has 0 atom stereocenters. The molecule has 4 aromatic rings. The number of carbonyl (C=O) groups is 1. The molecule has 0 spiro atoms. The highest BCUT2D eigenvalue weighted by atomic mass is 35.5. The minimum absolute atomic E-state index is 0.0303. The van der Waals surface area contributed by atoms with Gasteiger partial charge in [0, 0.05) is 5.69 Å². The number of nitrogens with one attached hydrogen (secondary N) is 2. The van der Waals surface area contributed by atoms with Crippen LogP contribution in [0.5, 0.6) is 0 Å². The summed E-state index contributed by atoms with van der Waals surface area (Å²) < 4.78 is 33.5. The Balaban J connectivity index is 1.69. The van der Waals surface area contributed by atoms with Crippen LogP contribution in [0.2, 0.25) is 4.34 Å². The fourth-order valence-corrected chi connectivity index (χ4v) is 5.31. The molecule has 0 aliphatic heterocycles. The maximum atomic E-state index is 12.8. The number of sulfonamides is 1. The molecule has 0 aliphatic rings. The lowest BCUT2D eigenvalue weighted by atomic mass is 10.2. The number of thiophene rings is 1. The third kappa shape index (κ3) is 4.82. The summed E-state index contributed by atoms with van der Waals surface area (Å²) in [6.45, 7) is 2.02. The molecule has 0 bridgehead atoms. The number of para-hydroxylation sites is 2. The van der Waals surface area contributed by atoms with Crippen LogP contribution in [0, 0.1) is 0 Å². The first-order chi connectivity index (χ1) is 15.4. The maximum Gasteiger partial charge on any atom is 0.338 e. The standard InChI is InChI=1S/C21H17ClN4O4S2/c1-2-30-21(27)13-7-9-14(10-8-13)23-19-20(25-16-6-4-3-5-15(16)24-19)26-32(28,29)18-12-11-17(22)31-18/h3-12H,2H2,1H3,(H,23,24)(H,25,26). The number of halogens is 1. The molecule has 0 amide bonds. The number of anilines is 3. The van der Waals surface area contributed by atoms with E-state index in [0.717, 1.165) is 11.3 Å². The van der Waals surface area contributed by atoms with Crippen molar-refractivity contribution in [3.63, 3.8) is 0 Å². The minimum Gasteiger partial charge on any atom is -0.462 e. The second kappa shape index (κ2) is 9.11. The van der Waals surface area contributed by atoms with Gasteiger partial charge in [0.05, 0.1) is 27.5 Å². The predicted molar refractivity (Wildman–Crippen MR) is 125 cm³/mol. The lowest BCUT2D eigenvalue weighted by molar-refractivity contribution is 0.0526. The van der Waals surface area contributed by atoms with E-state index < -0.39 is 16.0 Å². The van der Waals surface area contributed by atoms with Crippen molar-refractivity contribution in [3.8, 4) is 0 Å². The fourth-order valence-electron chi connectivity index (χ4n) is 2.82. The molecule has 0 saturated carbocycles. The summed E-state index contributed by atoms with van der Waals surface area (Å²) in [7, 11) is -3.92. The van der Waals surface area contributed by atoms with Gasteiger partial charge in [0.1, 0.15) is 4.21 Å². The van der Waals surface area contributed by atoms with Gasteiger partial charge in [0.2, 0.25) is 0 Å². The van der Waals surface area contributed by atoms with Gasteiger partial charge in [-0.3, -0.25) is 4.72 Å². The number of hydrogen-bond donors (Lipinski definition) is 2.